The first-order valence-corrected chi connectivity index (χ1v) is 19.4. The van der Waals surface area contributed by atoms with Crippen molar-refractivity contribution >= 4 is 45.1 Å². The summed E-state index contributed by atoms with van der Waals surface area (Å²) >= 11 is 0. The van der Waals surface area contributed by atoms with E-state index in [9.17, 15) is 0 Å². The largest absolute Gasteiger partial charge is 0.453 e. The molecule has 7 aromatic carbocycles. The maximum atomic E-state index is 7.21. The molecule has 0 fully saturated rings. The molecule has 3 aliphatic rings. The van der Waals surface area contributed by atoms with Crippen molar-refractivity contribution in [1.29, 1.82) is 0 Å². The summed E-state index contributed by atoms with van der Waals surface area (Å²) in [4.78, 5) is 2.39. The van der Waals surface area contributed by atoms with Crippen molar-refractivity contribution < 1.29 is 4.42 Å². The first-order valence-electron chi connectivity index (χ1n) is 19.4. The van der Waals surface area contributed by atoms with E-state index in [-0.39, 0.29) is 5.41 Å². The van der Waals surface area contributed by atoms with Crippen LogP contribution in [0.4, 0.5) is 17.1 Å². The molecule has 0 radical (unpaired) electrons. The predicted molar refractivity (Wildman–Crippen MR) is 230 cm³/mol. The Kier molecular flexibility index (Phi) is 7.06. The molecule has 1 atom stereocenters. The lowest BCUT2D eigenvalue weighted by molar-refractivity contribution is 0.660. The van der Waals surface area contributed by atoms with Crippen molar-refractivity contribution in [2.75, 3.05) is 4.90 Å². The minimum atomic E-state index is -0.127. The van der Waals surface area contributed by atoms with Gasteiger partial charge in [-0.15, -0.1) is 0 Å². The van der Waals surface area contributed by atoms with Crippen LogP contribution in [0.3, 0.4) is 0 Å². The highest BCUT2D eigenvalue weighted by molar-refractivity contribution is 6.14. The second-order valence-corrected chi connectivity index (χ2v) is 15.6. The van der Waals surface area contributed by atoms with E-state index in [0.29, 0.717) is 5.92 Å². The molecule has 1 heterocycles. The van der Waals surface area contributed by atoms with Gasteiger partial charge >= 0.3 is 0 Å². The van der Waals surface area contributed by atoms with Gasteiger partial charge in [-0.25, -0.2) is 0 Å². The molecule has 8 aromatic rings. The van der Waals surface area contributed by atoms with Gasteiger partial charge in [0.2, 0.25) is 0 Å². The number of allylic oxidation sites excluding steroid dienone is 5. The average molecular weight is 706 g/mol. The highest BCUT2D eigenvalue weighted by atomic mass is 16.3. The molecule has 11 rings (SSSR count). The van der Waals surface area contributed by atoms with Crippen LogP contribution in [0.25, 0.3) is 61.4 Å². The van der Waals surface area contributed by atoms with Crippen LogP contribution in [0.5, 0.6) is 0 Å². The highest BCUT2D eigenvalue weighted by Gasteiger charge is 2.36. The van der Waals surface area contributed by atoms with Gasteiger partial charge in [0.05, 0.1) is 5.69 Å². The van der Waals surface area contributed by atoms with Gasteiger partial charge in [-0.05, 0) is 92.4 Å². The lowest BCUT2D eigenvalue weighted by atomic mass is 9.76. The third-order valence-electron chi connectivity index (χ3n) is 12.2. The van der Waals surface area contributed by atoms with Crippen LogP contribution in [0.2, 0.25) is 0 Å². The molecule has 262 valence electrons. The Morgan fingerprint density at radius 1 is 0.564 bits per heavy atom. The number of nitrogens with zero attached hydrogens (tertiary/aromatic N) is 1. The Balaban J connectivity index is 1.12. The molecule has 0 saturated carbocycles. The molecule has 55 heavy (non-hydrogen) atoms. The van der Waals surface area contributed by atoms with Crippen molar-refractivity contribution in [3.05, 3.63) is 204 Å². The third-order valence-corrected chi connectivity index (χ3v) is 12.2. The zero-order valence-corrected chi connectivity index (χ0v) is 31.0. The number of hydrogen-bond acceptors (Lipinski definition) is 2. The monoisotopic (exact) mass is 705 g/mol. The van der Waals surface area contributed by atoms with Gasteiger partial charge in [0.15, 0.2) is 5.58 Å². The number of para-hydroxylation sites is 2. The van der Waals surface area contributed by atoms with E-state index in [2.05, 4.69) is 201 Å². The van der Waals surface area contributed by atoms with Gasteiger partial charge in [0.25, 0.3) is 0 Å². The zero-order valence-electron chi connectivity index (χ0n) is 31.0. The maximum Gasteiger partial charge on any atom is 0.159 e. The van der Waals surface area contributed by atoms with E-state index in [1.54, 1.807) is 0 Å². The molecule has 3 aliphatic carbocycles. The molecule has 2 heteroatoms. The van der Waals surface area contributed by atoms with Crippen molar-refractivity contribution in [1.82, 2.24) is 0 Å². The fraction of sp³-hybridized carbons (Fsp3) is 0.0943. The van der Waals surface area contributed by atoms with Gasteiger partial charge in [0, 0.05) is 39.0 Å². The SMILES string of the molecule is CC1(C)c2ccccc2-c2ccc(N(c3ccc(-c4ccccc4)cc3)c3cccc4c3oc3c(-c5cccc6c5C5CC=CC=C5C=C6)cccc34)cc21. The minimum absolute atomic E-state index is 0.127. The summed E-state index contributed by atoms with van der Waals surface area (Å²) in [5.74, 6) is 0.334. The summed E-state index contributed by atoms with van der Waals surface area (Å²) in [5, 5.41) is 2.24. The van der Waals surface area contributed by atoms with E-state index < -0.39 is 0 Å². The van der Waals surface area contributed by atoms with E-state index >= 15 is 0 Å². The second-order valence-electron chi connectivity index (χ2n) is 15.6. The zero-order chi connectivity index (χ0) is 36.7. The van der Waals surface area contributed by atoms with Gasteiger partial charge in [0.1, 0.15) is 5.58 Å². The lowest BCUT2D eigenvalue weighted by Gasteiger charge is -2.28. The Hall–Kier alpha value is -6.64. The van der Waals surface area contributed by atoms with E-state index in [4.69, 9.17) is 4.42 Å². The minimum Gasteiger partial charge on any atom is -0.453 e. The summed E-state index contributed by atoms with van der Waals surface area (Å²) in [6.45, 7) is 4.70. The first-order chi connectivity index (χ1) is 27.0. The second kappa shape index (κ2) is 12.2. The van der Waals surface area contributed by atoms with Crippen molar-refractivity contribution in [2.24, 2.45) is 0 Å². The molecular formula is C53H39NO. The molecule has 0 amide bonds. The maximum absolute atomic E-state index is 7.21. The van der Waals surface area contributed by atoms with Gasteiger partial charge in [-0.3, -0.25) is 0 Å². The summed E-state index contributed by atoms with van der Waals surface area (Å²) < 4.78 is 7.21. The normalized spacial score (nSPS) is 16.0. The molecule has 0 spiro atoms. The number of rotatable bonds is 5. The summed E-state index contributed by atoms with van der Waals surface area (Å²) in [5.41, 5.74) is 19.0. The summed E-state index contributed by atoms with van der Waals surface area (Å²) in [7, 11) is 0. The van der Waals surface area contributed by atoms with Crippen molar-refractivity contribution in [3.63, 3.8) is 0 Å². The van der Waals surface area contributed by atoms with Crippen LogP contribution >= 0.6 is 0 Å². The number of furan rings is 1. The predicted octanol–water partition coefficient (Wildman–Crippen LogP) is 14.7. The molecule has 0 aliphatic heterocycles. The number of anilines is 3. The van der Waals surface area contributed by atoms with Gasteiger partial charge < -0.3 is 9.32 Å². The Labute approximate surface area is 322 Å². The van der Waals surface area contributed by atoms with Gasteiger partial charge in [-0.2, -0.15) is 0 Å². The molecule has 2 nitrogen and oxygen atoms in total. The summed E-state index contributed by atoms with van der Waals surface area (Å²) in [6.07, 6.45) is 12.3. The molecule has 0 saturated heterocycles. The number of fused-ring (bicyclic) bond motifs is 9. The Morgan fingerprint density at radius 3 is 2.13 bits per heavy atom. The average Bonchev–Trinajstić information content (AvgIpc) is 3.74. The lowest BCUT2D eigenvalue weighted by Crippen LogP contribution is -2.16. The first kappa shape index (κ1) is 31.8. The van der Waals surface area contributed by atoms with E-state index in [1.807, 2.05) is 0 Å². The van der Waals surface area contributed by atoms with Gasteiger partial charge in [-0.1, -0.05) is 166 Å². The number of hydrogen-bond donors (Lipinski definition) is 0. The molecular weight excluding hydrogens is 667 g/mol. The van der Waals surface area contributed by atoms with E-state index in [1.165, 1.54) is 55.6 Å². The fourth-order valence-electron chi connectivity index (χ4n) is 9.53. The fourth-order valence-corrected chi connectivity index (χ4v) is 9.53. The van der Waals surface area contributed by atoms with Crippen LogP contribution in [-0.4, -0.2) is 0 Å². The quantitative estimate of drug-likeness (QED) is 0.177. The van der Waals surface area contributed by atoms with Crippen molar-refractivity contribution in [3.8, 4) is 33.4 Å². The molecule has 1 aromatic heterocycles. The van der Waals surface area contributed by atoms with Crippen LogP contribution in [0.1, 0.15) is 48.4 Å². The standard InChI is InChI=1S/C53H39NO/c1-53(2)47-23-9-8-18-41(47)42-32-31-39(33-48(42)53)54(38-29-27-35(28-30-38)34-13-4-3-5-14-34)49-24-12-22-46-45-21-11-20-44(51(45)55-52(46)49)43-19-10-16-37-26-25-36-15-6-7-17-40(36)50(37)43/h3-16,18-33,40H,17H2,1-2H3. The Bertz CT molecular complexity index is 2920. The molecule has 1 unspecified atom stereocenters. The van der Waals surface area contributed by atoms with Crippen LogP contribution < -0.4 is 4.90 Å². The summed E-state index contributed by atoms with van der Waals surface area (Å²) in [6, 6.07) is 55.4. The molecule has 0 bridgehead atoms. The third kappa shape index (κ3) is 4.88. The van der Waals surface area contributed by atoms with Crippen LogP contribution in [0.15, 0.2) is 186 Å². The molecule has 0 N–H and O–H groups in total. The number of benzene rings is 7. The smallest absolute Gasteiger partial charge is 0.159 e. The highest BCUT2D eigenvalue weighted by Crippen LogP contribution is 2.52. The topological polar surface area (TPSA) is 16.4 Å². The Morgan fingerprint density at radius 2 is 1.25 bits per heavy atom. The van der Waals surface area contributed by atoms with Crippen LogP contribution in [-0.2, 0) is 5.41 Å². The van der Waals surface area contributed by atoms with Crippen molar-refractivity contribution in [2.45, 2.75) is 31.6 Å². The van der Waals surface area contributed by atoms with Crippen LogP contribution in [0, 0.1) is 0 Å². The van der Waals surface area contributed by atoms with E-state index in [0.717, 1.165) is 51.0 Å².